The monoisotopic (exact) mass is 414 g/mol. The van der Waals surface area contributed by atoms with E-state index in [9.17, 15) is 5.11 Å². The van der Waals surface area contributed by atoms with Crippen LogP contribution >= 0.6 is 0 Å². The Morgan fingerprint density at radius 1 is 0.903 bits per heavy atom. The van der Waals surface area contributed by atoms with Crippen molar-refractivity contribution in [2.45, 2.75) is 82.5 Å². The Balaban J connectivity index is 1.40. The van der Waals surface area contributed by atoms with Crippen LogP contribution in [0.15, 0.2) is 48.5 Å². The number of benzene rings is 2. The molecule has 0 amide bonds. The van der Waals surface area contributed by atoms with E-state index in [0.717, 1.165) is 50.9 Å². The molecular weight excluding hydrogens is 380 g/mol. The van der Waals surface area contributed by atoms with Crippen molar-refractivity contribution in [1.29, 1.82) is 0 Å². The molecule has 0 bridgehead atoms. The van der Waals surface area contributed by atoms with Gasteiger partial charge in [0.1, 0.15) is 0 Å². The smallest absolute Gasteiger partial charge is 0.0896 e. The Morgan fingerprint density at radius 3 is 2.52 bits per heavy atom. The lowest BCUT2D eigenvalue weighted by molar-refractivity contribution is 0.0208. The van der Waals surface area contributed by atoms with E-state index in [1.807, 2.05) is 0 Å². The predicted octanol–water partition coefficient (Wildman–Crippen LogP) is 6.08. The molecule has 2 aromatic carbocycles. The molecule has 3 aromatic rings. The molecule has 2 aliphatic carbocycles. The van der Waals surface area contributed by atoms with Gasteiger partial charge in [-0.2, -0.15) is 0 Å². The molecule has 0 spiro atoms. The highest BCUT2D eigenvalue weighted by molar-refractivity contribution is 5.87. The SMILES string of the molecule is OC1(c2ccc3c(c2)c2c4n3CCN(Cc3ccccc3)[C@@H]4CCC2)CCCCCC1. The van der Waals surface area contributed by atoms with Gasteiger partial charge in [0, 0.05) is 36.2 Å². The van der Waals surface area contributed by atoms with Crippen molar-refractivity contribution in [3.63, 3.8) is 0 Å². The molecule has 2 heterocycles. The molecule has 0 unspecified atom stereocenters. The zero-order chi connectivity index (χ0) is 20.8. The van der Waals surface area contributed by atoms with Gasteiger partial charge in [-0.05, 0) is 60.9 Å². The largest absolute Gasteiger partial charge is 0.385 e. The first-order chi connectivity index (χ1) is 15.2. The Bertz CT molecular complexity index is 1080. The zero-order valence-electron chi connectivity index (χ0n) is 18.5. The molecule has 3 aliphatic rings. The molecule has 3 heteroatoms. The van der Waals surface area contributed by atoms with Crippen molar-refractivity contribution < 1.29 is 5.11 Å². The van der Waals surface area contributed by atoms with Crippen LogP contribution in [0.1, 0.15) is 79.8 Å². The molecule has 1 aromatic heterocycles. The molecule has 0 radical (unpaired) electrons. The lowest BCUT2D eigenvalue weighted by Crippen LogP contribution is -2.39. The van der Waals surface area contributed by atoms with Gasteiger partial charge in [0.05, 0.1) is 11.6 Å². The second kappa shape index (κ2) is 7.79. The van der Waals surface area contributed by atoms with Gasteiger partial charge in [0.25, 0.3) is 0 Å². The van der Waals surface area contributed by atoms with E-state index in [2.05, 4.69) is 58.0 Å². The molecule has 1 aliphatic heterocycles. The summed E-state index contributed by atoms with van der Waals surface area (Å²) in [5.41, 5.74) is 6.45. The van der Waals surface area contributed by atoms with Gasteiger partial charge in [-0.15, -0.1) is 0 Å². The molecule has 3 nitrogen and oxygen atoms in total. The fraction of sp³-hybridized carbons (Fsp3) is 0.500. The van der Waals surface area contributed by atoms with Crippen molar-refractivity contribution >= 4 is 10.9 Å². The second-order valence-electron chi connectivity index (χ2n) is 10.1. The summed E-state index contributed by atoms with van der Waals surface area (Å²) in [5.74, 6) is 0. The van der Waals surface area contributed by atoms with Crippen molar-refractivity contribution in [1.82, 2.24) is 9.47 Å². The minimum absolute atomic E-state index is 0.523. The number of hydrogen-bond donors (Lipinski definition) is 1. The van der Waals surface area contributed by atoms with Gasteiger partial charge in [-0.25, -0.2) is 0 Å². The first-order valence-electron chi connectivity index (χ1n) is 12.4. The molecule has 31 heavy (non-hydrogen) atoms. The van der Waals surface area contributed by atoms with Gasteiger partial charge < -0.3 is 9.67 Å². The van der Waals surface area contributed by atoms with Gasteiger partial charge in [-0.1, -0.05) is 62.1 Å². The maximum atomic E-state index is 11.5. The van der Waals surface area contributed by atoms with Gasteiger partial charge in [-0.3, -0.25) is 4.90 Å². The van der Waals surface area contributed by atoms with Crippen LogP contribution in [0.5, 0.6) is 0 Å². The third-order valence-electron chi connectivity index (χ3n) is 8.18. The average Bonchev–Trinajstić information content (AvgIpc) is 2.96. The fourth-order valence-electron chi connectivity index (χ4n) is 6.58. The number of aliphatic hydroxyl groups is 1. The quantitative estimate of drug-likeness (QED) is 0.526. The summed E-state index contributed by atoms with van der Waals surface area (Å²) in [6.07, 6.45) is 10.3. The minimum Gasteiger partial charge on any atom is -0.385 e. The molecule has 0 saturated heterocycles. The average molecular weight is 415 g/mol. The Labute approximate surface area is 185 Å². The highest BCUT2D eigenvalue weighted by atomic mass is 16.3. The van der Waals surface area contributed by atoms with Crippen LogP contribution in [-0.4, -0.2) is 21.1 Å². The Hall–Kier alpha value is -2.10. The molecular formula is C28H34N2O. The van der Waals surface area contributed by atoms with Crippen LogP contribution in [0, 0.1) is 0 Å². The van der Waals surface area contributed by atoms with E-state index < -0.39 is 5.60 Å². The van der Waals surface area contributed by atoms with Gasteiger partial charge in [0.15, 0.2) is 0 Å². The number of hydrogen-bond acceptors (Lipinski definition) is 2. The third kappa shape index (κ3) is 3.34. The van der Waals surface area contributed by atoms with E-state index >= 15 is 0 Å². The van der Waals surface area contributed by atoms with Crippen molar-refractivity contribution in [2.24, 2.45) is 0 Å². The summed E-state index contributed by atoms with van der Waals surface area (Å²) in [4.78, 5) is 2.70. The highest BCUT2D eigenvalue weighted by Gasteiger charge is 2.36. The van der Waals surface area contributed by atoms with E-state index in [4.69, 9.17) is 0 Å². The van der Waals surface area contributed by atoms with Crippen molar-refractivity contribution in [2.75, 3.05) is 6.54 Å². The number of nitrogens with zero attached hydrogens (tertiary/aromatic N) is 2. The fourth-order valence-corrected chi connectivity index (χ4v) is 6.58. The summed E-state index contributed by atoms with van der Waals surface area (Å²) in [6, 6.07) is 18.4. The van der Waals surface area contributed by atoms with Crippen molar-refractivity contribution in [3.8, 4) is 0 Å². The topological polar surface area (TPSA) is 28.4 Å². The summed E-state index contributed by atoms with van der Waals surface area (Å²) in [5, 5.41) is 12.9. The number of aryl methyl sites for hydroxylation is 1. The number of aromatic nitrogens is 1. The summed E-state index contributed by atoms with van der Waals surface area (Å²) < 4.78 is 2.61. The van der Waals surface area contributed by atoms with Crippen LogP contribution < -0.4 is 0 Å². The summed E-state index contributed by atoms with van der Waals surface area (Å²) >= 11 is 0. The standard InChI is InChI=1S/C28H34N2O/c31-28(15-6-1-2-7-16-28)22-13-14-25-24(19-22)23-11-8-12-26-27(23)30(25)18-17-29(26)20-21-9-4-3-5-10-21/h3-5,9-10,13-14,19,26,31H,1-2,6-8,11-12,15-18,20H2/t26-/m1/s1. The molecule has 6 rings (SSSR count). The Morgan fingerprint density at radius 2 is 1.71 bits per heavy atom. The molecule has 1 N–H and O–H groups in total. The predicted molar refractivity (Wildman–Crippen MR) is 126 cm³/mol. The molecule has 1 fully saturated rings. The molecule has 1 atom stereocenters. The number of rotatable bonds is 3. The lowest BCUT2D eigenvalue weighted by atomic mass is 9.84. The highest BCUT2D eigenvalue weighted by Crippen LogP contribution is 2.45. The van der Waals surface area contributed by atoms with E-state index in [1.54, 1.807) is 11.3 Å². The maximum absolute atomic E-state index is 11.5. The zero-order valence-corrected chi connectivity index (χ0v) is 18.5. The van der Waals surface area contributed by atoms with Crippen LogP contribution in [0.3, 0.4) is 0 Å². The van der Waals surface area contributed by atoms with Crippen LogP contribution in [-0.2, 0) is 25.1 Å². The third-order valence-corrected chi connectivity index (χ3v) is 8.18. The minimum atomic E-state index is -0.632. The van der Waals surface area contributed by atoms with Crippen LogP contribution in [0.25, 0.3) is 10.9 Å². The lowest BCUT2D eigenvalue weighted by Gasteiger charge is -2.40. The van der Waals surface area contributed by atoms with Crippen LogP contribution in [0.4, 0.5) is 0 Å². The van der Waals surface area contributed by atoms with E-state index in [1.165, 1.54) is 48.6 Å². The normalized spacial score (nSPS) is 23.5. The van der Waals surface area contributed by atoms with Crippen LogP contribution in [0.2, 0.25) is 0 Å². The first kappa shape index (κ1) is 19.6. The first-order valence-corrected chi connectivity index (χ1v) is 12.4. The molecule has 1 saturated carbocycles. The number of fused-ring (bicyclic) bond motifs is 3. The van der Waals surface area contributed by atoms with Gasteiger partial charge >= 0.3 is 0 Å². The van der Waals surface area contributed by atoms with E-state index in [0.29, 0.717) is 6.04 Å². The van der Waals surface area contributed by atoms with Gasteiger partial charge in [0.2, 0.25) is 0 Å². The summed E-state index contributed by atoms with van der Waals surface area (Å²) in [6.45, 7) is 3.22. The molecule has 162 valence electrons. The summed E-state index contributed by atoms with van der Waals surface area (Å²) in [7, 11) is 0. The van der Waals surface area contributed by atoms with E-state index in [-0.39, 0.29) is 0 Å². The maximum Gasteiger partial charge on any atom is 0.0896 e. The van der Waals surface area contributed by atoms with Crippen molar-refractivity contribution in [3.05, 3.63) is 70.9 Å². The Kier molecular flexibility index (Phi) is 4.92. The second-order valence-corrected chi connectivity index (χ2v) is 10.1.